The van der Waals surface area contributed by atoms with Gasteiger partial charge < -0.3 is 25.0 Å². The first-order valence-corrected chi connectivity index (χ1v) is 5.30. The molecule has 0 bridgehead atoms. The van der Waals surface area contributed by atoms with Crippen molar-refractivity contribution in [3.8, 4) is 0 Å². The van der Waals surface area contributed by atoms with E-state index >= 15 is 0 Å². The molecule has 16 heavy (non-hydrogen) atoms. The van der Waals surface area contributed by atoms with Crippen molar-refractivity contribution < 1.29 is 24.5 Å². The number of aliphatic hydroxyl groups excluding tert-OH is 2. The first-order valence-electron chi connectivity index (χ1n) is 5.30. The summed E-state index contributed by atoms with van der Waals surface area (Å²) >= 11 is 0. The van der Waals surface area contributed by atoms with E-state index in [0.717, 1.165) is 0 Å². The van der Waals surface area contributed by atoms with E-state index in [1.807, 2.05) is 0 Å². The molecule has 0 aromatic rings. The summed E-state index contributed by atoms with van der Waals surface area (Å²) in [6.07, 6.45) is -0.864. The van der Waals surface area contributed by atoms with Crippen molar-refractivity contribution in [2.75, 3.05) is 33.5 Å². The number of hydrogen-bond acceptors (Lipinski definition) is 6. The summed E-state index contributed by atoms with van der Waals surface area (Å²) in [5.74, 6) is -0.427. The van der Waals surface area contributed by atoms with Crippen LogP contribution < -0.4 is 5.32 Å². The second-order valence-corrected chi connectivity index (χ2v) is 3.41. The van der Waals surface area contributed by atoms with Crippen LogP contribution in [0.1, 0.15) is 13.3 Å². The molecule has 0 aromatic carbocycles. The second kappa shape index (κ2) is 9.53. The van der Waals surface area contributed by atoms with Crippen LogP contribution in [-0.4, -0.2) is 61.8 Å². The summed E-state index contributed by atoms with van der Waals surface area (Å²) in [5, 5.41) is 21.3. The zero-order valence-electron chi connectivity index (χ0n) is 9.81. The standard InChI is InChI=1S/C10H21NO5/c1-3-16-10(14)4-9(13)5-11-8(6-12)7-15-2/h8-9,11-13H,3-7H2,1-2H3. The summed E-state index contributed by atoms with van der Waals surface area (Å²) in [5.41, 5.74) is 0. The predicted octanol–water partition coefficient (Wildman–Crippen LogP) is -1.10. The minimum absolute atomic E-state index is 0.0496. The Kier molecular flexibility index (Phi) is 9.12. The van der Waals surface area contributed by atoms with E-state index in [9.17, 15) is 9.90 Å². The van der Waals surface area contributed by atoms with Crippen LogP contribution in [0.15, 0.2) is 0 Å². The van der Waals surface area contributed by atoms with Gasteiger partial charge in [-0.1, -0.05) is 0 Å². The van der Waals surface area contributed by atoms with Crippen LogP contribution in [0, 0.1) is 0 Å². The molecule has 3 N–H and O–H groups in total. The van der Waals surface area contributed by atoms with E-state index in [4.69, 9.17) is 14.6 Å². The highest BCUT2D eigenvalue weighted by Crippen LogP contribution is 1.94. The molecular weight excluding hydrogens is 214 g/mol. The SMILES string of the molecule is CCOC(=O)CC(O)CNC(CO)COC. The lowest BCUT2D eigenvalue weighted by atomic mass is 10.2. The van der Waals surface area contributed by atoms with Gasteiger partial charge in [0.25, 0.3) is 0 Å². The molecule has 96 valence electrons. The first kappa shape index (κ1) is 15.3. The number of methoxy groups -OCH3 is 1. The first-order chi connectivity index (χ1) is 7.63. The van der Waals surface area contributed by atoms with Crippen LogP contribution in [0.25, 0.3) is 0 Å². The molecule has 0 amide bonds. The zero-order chi connectivity index (χ0) is 12.4. The maximum absolute atomic E-state index is 11.0. The van der Waals surface area contributed by atoms with Crippen molar-refractivity contribution >= 4 is 5.97 Å². The fourth-order valence-electron chi connectivity index (χ4n) is 1.16. The summed E-state index contributed by atoms with van der Waals surface area (Å²) < 4.78 is 9.54. The van der Waals surface area contributed by atoms with Gasteiger partial charge in [0.1, 0.15) is 0 Å². The molecule has 6 nitrogen and oxygen atoms in total. The molecule has 2 unspecified atom stereocenters. The molecule has 0 spiro atoms. The van der Waals surface area contributed by atoms with Gasteiger partial charge in [-0.25, -0.2) is 0 Å². The van der Waals surface area contributed by atoms with E-state index in [-0.39, 0.29) is 25.6 Å². The van der Waals surface area contributed by atoms with Gasteiger partial charge in [0.2, 0.25) is 0 Å². The maximum Gasteiger partial charge on any atom is 0.308 e. The molecular formula is C10H21NO5. The topological polar surface area (TPSA) is 88.0 Å². The Labute approximate surface area is 95.6 Å². The third kappa shape index (κ3) is 7.58. The van der Waals surface area contributed by atoms with Gasteiger partial charge in [-0.05, 0) is 6.92 Å². The van der Waals surface area contributed by atoms with Crippen molar-refractivity contribution in [3.05, 3.63) is 0 Å². The number of hydrogen-bond donors (Lipinski definition) is 3. The van der Waals surface area contributed by atoms with Gasteiger partial charge in [-0.3, -0.25) is 4.79 Å². The Balaban J connectivity index is 3.69. The number of ether oxygens (including phenoxy) is 2. The van der Waals surface area contributed by atoms with Crippen molar-refractivity contribution in [2.24, 2.45) is 0 Å². The van der Waals surface area contributed by atoms with Crippen LogP contribution in [0.2, 0.25) is 0 Å². The smallest absolute Gasteiger partial charge is 0.308 e. The average molecular weight is 235 g/mol. The van der Waals surface area contributed by atoms with E-state index < -0.39 is 12.1 Å². The molecule has 6 heteroatoms. The number of carbonyl (C=O) groups excluding carboxylic acids is 1. The van der Waals surface area contributed by atoms with Gasteiger partial charge >= 0.3 is 5.97 Å². The Bertz CT molecular complexity index is 188. The van der Waals surface area contributed by atoms with Gasteiger partial charge in [-0.2, -0.15) is 0 Å². The Morgan fingerprint density at radius 3 is 2.69 bits per heavy atom. The minimum Gasteiger partial charge on any atom is -0.466 e. The highest BCUT2D eigenvalue weighted by atomic mass is 16.5. The largest absolute Gasteiger partial charge is 0.466 e. The normalized spacial score (nSPS) is 14.5. The number of nitrogens with one attached hydrogen (secondary N) is 1. The molecule has 0 radical (unpaired) electrons. The molecule has 0 heterocycles. The maximum atomic E-state index is 11.0. The van der Waals surface area contributed by atoms with E-state index in [0.29, 0.717) is 13.2 Å². The molecule has 0 aliphatic carbocycles. The van der Waals surface area contributed by atoms with E-state index in [1.54, 1.807) is 6.92 Å². The second-order valence-electron chi connectivity index (χ2n) is 3.41. The molecule has 0 aliphatic heterocycles. The van der Waals surface area contributed by atoms with Crippen LogP contribution in [0.4, 0.5) is 0 Å². The molecule has 0 saturated carbocycles. The molecule has 0 rings (SSSR count). The highest BCUT2D eigenvalue weighted by molar-refractivity contribution is 5.69. The minimum atomic E-state index is -0.815. The van der Waals surface area contributed by atoms with Crippen LogP contribution in [0.5, 0.6) is 0 Å². The monoisotopic (exact) mass is 235 g/mol. The van der Waals surface area contributed by atoms with Crippen LogP contribution in [-0.2, 0) is 14.3 Å². The molecule has 0 aliphatic rings. The van der Waals surface area contributed by atoms with Crippen LogP contribution >= 0.6 is 0 Å². The Morgan fingerprint density at radius 1 is 1.50 bits per heavy atom. The summed E-state index contributed by atoms with van der Waals surface area (Å²) in [6.45, 7) is 2.50. The van der Waals surface area contributed by atoms with Crippen molar-refractivity contribution in [1.82, 2.24) is 5.32 Å². The van der Waals surface area contributed by atoms with Gasteiger partial charge in [0.05, 0.1) is 38.4 Å². The lowest BCUT2D eigenvalue weighted by molar-refractivity contribution is -0.145. The molecule has 0 saturated heterocycles. The summed E-state index contributed by atoms with van der Waals surface area (Å²) in [7, 11) is 1.53. The van der Waals surface area contributed by atoms with Crippen molar-refractivity contribution in [1.29, 1.82) is 0 Å². The number of esters is 1. The lowest BCUT2D eigenvalue weighted by Crippen LogP contribution is -2.41. The molecule has 0 aromatic heterocycles. The Morgan fingerprint density at radius 2 is 2.19 bits per heavy atom. The third-order valence-corrected chi connectivity index (χ3v) is 1.94. The molecule has 2 atom stereocenters. The Hall–Kier alpha value is -0.690. The van der Waals surface area contributed by atoms with Crippen molar-refractivity contribution in [3.63, 3.8) is 0 Å². The van der Waals surface area contributed by atoms with Gasteiger partial charge in [-0.15, -0.1) is 0 Å². The number of rotatable bonds is 9. The van der Waals surface area contributed by atoms with E-state index in [1.165, 1.54) is 7.11 Å². The highest BCUT2D eigenvalue weighted by Gasteiger charge is 2.13. The number of carbonyl (C=O) groups is 1. The zero-order valence-corrected chi connectivity index (χ0v) is 9.81. The summed E-state index contributed by atoms with van der Waals surface area (Å²) in [6, 6.07) is -0.234. The van der Waals surface area contributed by atoms with Crippen molar-refractivity contribution in [2.45, 2.75) is 25.5 Å². The quantitative estimate of drug-likeness (QED) is 0.440. The van der Waals surface area contributed by atoms with Crippen LogP contribution in [0.3, 0.4) is 0 Å². The molecule has 0 fully saturated rings. The summed E-state index contributed by atoms with van der Waals surface area (Å²) in [4.78, 5) is 11.0. The fourth-order valence-corrected chi connectivity index (χ4v) is 1.16. The number of aliphatic hydroxyl groups is 2. The third-order valence-electron chi connectivity index (χ3n) is 1.94. The average Bonchev–Trinajstić information content (AvgIpc) is 2.24. The van der Waals surface area contributed by atoms with E-state index in [2.05, 4.69) is 5.32 Å². The lowest BCUT2D eigenvalue weighted by Gasteiger charge is -2.17. The van der Waals surface area contributed by atoms with Gasteiger partial charge in [0.15, 0.2) is 0 Å². The predicted molar refractivity (Wildman–Crippen MR) is 58.0 cm³/mol. The fraction of sp³-hybridized carbons (Fsp3) is 0.900. The van der Waals surface area contributed by atoms with Gasteiger partial charge in [0, 0.05) is 13.7 Å².